The summed E-state index contributed by atoms with van der Waals surface area (Å²) in [5.41, 5.74) is 6.70. The molecule has 0 radical (unpaired) electrons. The van der Waals surface area contributed by atoms with Gasteiger partial charge in [-0.3, -0.25) is 0 Å². The van der Waals surface area contributed by atoms with Gasteiger partial charge >= 0.3 is 0 Å². The van der Waals surface area contributed by atoms with Gasteiger partial charge in [-0.1, -0.05) is 74.4 Å². The van der Waals surface area contributed by atoms with Gasteiger partial charge in [-0.15, -0.1) is 0 Å². The van der Waals surface area contributed by atoms with Crippen molar-refractivity contribution < 1.29 is 0 Å². The van der Waals surface area contributed by atoms with Gasteiger partial charge in [-0.05, 0) is 25.0 Å². The summed E-state index contributed by atoms with van der Waals surface area (Å²) in [6.07, 6.45) is 2.37. The fraction of sp³-hybridized carbons (Fsp3) is 0.500. The zero-order chi connectivity index (χ0) is 12.9. The Kier molecular flexibility index (Phi) is 5.19. The molecule has 17 heavy (non-hydrogen) atoms. The maximum Gasteiger partial charge on any atom is 0.0770 e. The van der Waals surface area contributed by atoms with Crippen LogP contribution in [0.4, 0.5) is 0 Å². The van der Waals surface area contributed by atoms with E-state index in [0.717, 1.165) is 0 Å². The first-order chi connectivity index (χ1) is 8.06. The molecule has 0 aromatic heterocycles. The summed E-state index contributed by atoms with van der Waals surface area (Å²) in [6, 6.07) is 10.8. The van der Waals surface area contributed by atoms with Gasteiger partial charge < -0.3 is 0 Å². The van der Waals surface area contributed by atoms with E-state index in [1.54, 1.807) is 0 Å². The zero-order valence-electron chi connectivity index (χ0n) is 12.0. The van der Waals surface area contributed by atoms with E-state index in [0.29, 0.717) is 0 Å². The molecular weight excluding hydrogens is 220 g/mol. The van der Waals surface area contributed by atoms with Crippen molar-refractivity contribution >= 4 is 14.1 Å². The molecule has 0 nitrogen and oxygen atoms in total. The average Bonchev–Trinajstić information content (AvgIpc) is 2.33. The van der Waals surface area contributed by atoms with Crippen LogP contribution in [0.5, 0.6) is 0 Å². The Balaban J connectivity index is 2.96. The summed E-state index contributed by atoms with van der Waals surface area (Å²) in [6.45, 7) is 11.4. The van der Waals surface area contributed by atoms with E-state index < -0.39 is 8.07 Å². The van der Waals surface area contributed by atoms with Crippen LogP contribution in [0.2, 0.25) is 18.1 Å². The van der Waals surface area contributed by atoms with Crippen LogP contribution in [0.25, 0.3) is 6.08 Å². The second kappa shape index (κ2) is 6.20. The summed E-state index contributed by atoms with van der Waals surface area (Å²) in [4.78, 5) is 0. The molecule has 1 heteroatoms. The minimum Gasteiger partial charge on any atom is -0.0936 e. The minimum atomic E-state index is -1.12. The van der Waals surface area contributed by atoms with E-state index >= 15 is 0 Å². The van der Waals surface area contributed by atoms with Crippen LogP contribution in [-0.4, -0.2) is 8.07 Å². The van der Waals surface area contributed by atoms with Crippen LogP contribution in [0.3, 0.4) is 0 Å². The highest BCUT2D eigenvalue weighted by atomic mass is 28.3. The van der Waals surface area contributed by atoms with Crippen molar-refractivity contribution in [3.63, 3.8) is 0 Å². The van der Waals surface area contributed by atoms with Gasteiger partial charge in [0, 0.05) is 0 Å². The summed E-state index contributed by atoms with van der Waals surface area (Å²) < 4.78 is 0. The number of rotatable bonds is 5. The molecule has 0 amide bonds. The molecule has 0 heterocycles. The molecular formula is C16H26Si. The first-order valence-corrected chi connectivity index (χ1v) is 9.53. The Morgan fingerprint density at radius 1 is 1.00 bits per heavy atom. The Bertz CT molecular complexity index is 378. The van der Waals surface area contributed by atoms with Crippen LogP contribution in [0.1, 0.15) is 37.5 Å². The van der Waals surface area contributed by atoms with E-state index in [4.69, 9.17) is 0 Å². The molecule has 0 unspecified atom stereocenters. The van der Waals surface area contributed by atoms with Gasteiger partial charge in [-0.2, -0.15) is 0 Å². The van der Waals surface area contributed by atoms with E-state index in [1.807, 2.05) is 0 Å². The minimum absolute atomic E-state index is 1.12. The number of hydrogen-bond donors (Lipinski definition) is 0. The van der Waals surface area contributed by atoms with Crippen molar-refractivity contribution in [3.8, 4) is 0 Å². The molecule has 0 saturated heterocycles. The molecule has 0 bridgehead atoms. The topological polar surface area (TPSA) is 0 Å². The fourth-order valence-electron chi connectivity index (χ4n) is 2.38. The third-order valence-corrected chi connectivity index (χ3v) is 9.25. The summed E-state index contributed by atoms with van der Waals surface area (Å²) in [7, 11) is -1.12. The molecule has 0 aliphatic rings. The largest absolute Gasteiger partial charge is 0.0936 e. The molecule has 0 aliphatic heterocycles. The van der Waals surface area contributed by atoms with Crippen molar-refractivity contribution in [1.29, 1.82) is 0 Å². The standard InChI is InChI=1S/C16H26Si/c1-6-17(7-2,8-3)12-11-16-10-9-14(4)13-15(16)5/h9-13H,6-8H2,1-5H3/b12-11+. The van der Waals surface area contributed by atoms with Gasteiger partial charge in [0.15, 0.2) is 0 Å². The summed E-state index contributed by atoms with van der Waals surface area (Å²) >= 11 is 0. The Labute approximate surface area is 108 Å². The monoisotopic (exact) mass is 246 g/mol. The van der Waals surface area contributed by atoms with Crippen LogP contribution in [0.15, 0.2) is 23.9 Å². The van der Waals surface area contributed by atoms with Crippen molar-refractivity contribution in [3.05, 3.63) is 40.6 Å². The highest BCUT2D eigenvalue weighted by molar-refractivity contribution is 6.84. The Morgan fingerprint density at radius 2 is 1.59 bits per heavy atom. The normalized spacial score (nSPS) is 12.3. The molecule has 0 N–H and O–H groups in total. The first-order valence-electron chi connectivity index (χ1n) is 6.83. The average molecular weight is 246 g/mol. The SMILES string of the molecule is CC[Si](/C=C/c1ccc(C)cc1C)(CC)CC. The number of benzene rings is 1. The van der Waals surface area contributed by atoms with Gasteiger partial charge in [0.05, 0.1) is 8.07 Å². The van der Waals surface area contributed by atoms with Crippen LogP contribution < -0.4 is 0 Å². The molecule has 0 saturated carbocycles. The zero-order valence-corrected chi connectivity index (χ0v) is 13.0. The first kappa shape index (κ1) is 14.2. The smallest absolute Gasteiger partial charge is 0.0770 e. The van der Waals surface area contributed by atoms with Crippen LogP contribution in [-0.2, 0) is 0 Å². The fourth-order valence-corrected chi connectivity index (χ4v) is 5.12. The second-order valence-electron chi connectivity index (χ2n) is 5.12. The van der Waals surface area contributed by atoms with Gasteiger partial charge in [0.25, 0.3) is 0 Å². The molecule has 0 spiro atoms. The predicted octanol–water partition coefficient (Wildman–Crippen LogP) is 5.36. The van der Waals surface area contributed by atoms with Gasteiger partial charge in [-0.25, -0.2) is 0 Å². The molecule has 1 aromatic rings. The maximum atomic E-state index is 2.56. The Hall–Kier alpha value is -0.823. The third kappa shape index (κ3) is 3.57. The van der Waals surface area contributed by atoms with E-state index in [9.17, 15) is 0 Å². The van der Waals surface area contributed by atoms with E-state index in [-0.39, 0.29) is 0 Å². The number of hydrogen-bond acceptors (Lipinski definition) is 0. The van der Waals surface area contributed by atoms with Crippen molar-refractivity contribution in [2.75, 3.05) is 0 Å². The van der Waals surface area contributed by atoms with Crippen LogP contribution in [0, 0.1) is 13.8 Å². The van der Waals surface area contributed by atoms with Gasteiger partial charge in [0.1, 0.15) is 0 Å². The highest BCUT2D eigenvalue weighted by Gasteiger charge is 2.22. The quantitative estimate of drug-likeness (QED) is 0.613. The second-order valence-corrected chi connectivity index (χ2v) is 10.3. The molecule has 0 aliphatic carbocycles. The Morgan fingerprint density at radius 3 is 2.06 bits per heavy atom. The van der Waals surface area contributed by atoms with Gasteiger partial charge in [0.2, 0.25) is 0 Å². The maximum absolute atomic E-state index is 2.56. The van der Waals surface area contributed by atoms with Crippen molar-refractivity contribution in [2.24, 2.45) is 0 Å². The van der Waals surface area contributed by atoms with E-state index in [1.165, 1.54) is 34.8 Å². The number of aryl methyl sites for hydroxylation is 2. The lowest BCUT2D eigenvalue weighted by molar-refractivity contribution is 1.20. The third-order valence-electron chi connectivity index (χ3n) is 4.15. The molecule has 0 fully saturated rings. The highest BCUT2D eigenvalue weighted by Crippen LogP contribution is 2.23. The van der Waals surface area contributed by atoms with E-state index in [2.05, 4.69) is 64.6 Å². The van der Waals surface area contributed by atoms with Crippen molar-refractivity contribution in [1.82, 2.24) is 0 Å². The molecule has 1 aromatic carbocycles. The molecule has 1 rings (SSSR count). The lowest BCUT2D eigenvalue weighted by atomic mass is 10.1. The molecule has 0 atom stereocenters. The predicted molar refractivity (Wildman–Crippen MR) is 82.1 cm³/mol. The lowest BCUT2D eigenvalue weighted by Gasteiger charge is -2.23. The van der Waals surface area contributed by atoms with Crippen LogP contribution >= 0.6 is 0 Å². The van der Waals surface area contributed by atoms with Crippen molar-refractivity contribution in [2.45, 2.75) is 52.8 Å². The summed E-state index contributed by atoms with van der Waals surface area (Å²) in [5, 5.41) is 0. The lowest BCUT2D eigenvalue weighted by Crippen LogP contribution is -2.28. The molecule has 94 valence electrons. The summed E-state index contributed by atoms with van der Waals surface area (Å²) in [5.74, 6) is 0.